The zero-order chi connectivity index (χ0) is 20.3. The Balaban J connectivity index is 1.38. The van der Waals surface area contributed by atoms with Crippen molar-refractivity contribution in [2.75, 3.05) is 77.9 Å². The number of thiazole rings is 1. The van der Waals surface area contributed by atoms with Crippen LogP contribution in [0.5, 0.6) is 0 Å². The molecule has 10 heteroatoms. The standard InChI is InChI=1S/C19H32N6O2S2/c1-2-20-18(21-4-3-14-28-19-22-5-15-29-19)25-8-6-23(7-9-25)16-17(26)24-10-12-27-13-11-24/h5,15H,2-4,6-14,16H2,1H3,(H,20,21). The summed E-state index contributed by atoms with van der Waals surface area (Å²) in [5.41, 5.74) is 0. The first-order chi connectivity index (χ1) is 14.3. The first-order valence-corrected chi connectivity index (χ1v) is 12.3. The number of rotatable bonds is 8. The van der Waals surface area contributed by atoms with Crippen molar-refractivity contribution in [3.63, 3.8) is 0 Å². The summed E-state index contributed by atoms with van der Waals surface area (Å²) in [4.78, 5) is 28.0. The molecule has 1 amide bonds. The highest BCUT2D eigenvalue weighted by Gasteiger charge is 2.24. The van der Waals surface area contributed by atoms with Gasteiger partial charge in [0, 0.05) is 69.7 Å². The van der Waals surface area contributed by atoms with Crippen LogP contribution in [0.3, 0.4) is 0 Å². The summed E-state index contributed by atoms with van der Waals surface area (Å²) in [6.07, 6.45) is 2.88. The Labute approximate surface area is 181 Å². The number of piperazine rings is 1. The van der Waals surface area contributed by atoms with Gasteiger partial charge in [0.1, 0.15) is 4.34 Å². The summed E-state index contributed by atoms with van der Waals surface area (Å²) in [5, 5.41) is 5.43. The van der Waals surface area contributed by atoms with Gasteiger partial charge in [-0.05, 0) is 13.3 Å². The Hall–Kier alpha value is -1.36. The van der Waals surface area contributed by atoms with Crippen molar-refractivity contribution in [2.45, 2.75) is 17.7 Å². The third-order valence-electron chi connectivity index (χ3n) is 4.93. The molecule has 29 heavy (non-hydrogen) atoms. The van der Waals surface area contributed by atoms with Crippen molar-refractivity contribution in [1.29, 1.82) is 0 Å². The number of nitrogens with one attached hydrogen (secondary N) is 1. The Morgan fingerprint density at radius 3 is 2.72 bits per heavy atom. The number of aromatic nitrogens is 1. The number of hydrogen-bond acceptors (Lipinski definition) is 7. The zero-order valence-corrected chi connectivity index (χ0v) is 18.8. The minimum Gasteiger partial charge on any atom is -0.378 e. The van der Waals surface area contributed by atoms with E-state index < -0.39 is 0 Å². The van der Waals surface area contributed by atoms with Gasteiger partial charge >= 0.3 is 0 Å². The second-order valence-electron chi connectivity index (χ2n) is 6.99. The molecule has 1 aromatic rings. The minimum atomic E-state index is 0.222. The predicted octanol–water partition coefficient (Wildman–Crippen LogP) is 1.07. The molecule has 162 valence electrons. The SMILES string of the molecule is CCNC(=NCCCSc1nccs1)N1CCN(CC(=O)N2CCOCC2)CC1. The summed E-state index contributed by atoms with van der Waals surface area (Å²) in [5.74, 6) is 2.25. The van der Waals surface area contributed by atoms with Crippen molar-refractivity contribution in [3.8, 4) is 0 Å². The summed E-state index contributed by atoms with van der Waals surface area (Å²) in [7, 11) is 0. The summed E-state index contributed by atoms with van der Waals surface area (Å²) in [6.45, 7) is 10.6. The third kappa shape index (κ3) is 7.44. The van der Waals surface area contributed by atoms with Crippen LogP contribution in [0.4, 0.5) is 0 Å². The molecule has 2 aliphatic rings. The van der Waals surface area contributed by atoms with Crippen molar-refractivity contribution >= 4 is 35.0 Å². The highest BCUT2D eigenvalue weighted by atomic mass is 32.2. The lowest BCUT2D eigenvalue weighted by atomic mass is 10.3. The maximum atomic E-state index is 12.4. The predicted molar refractivity (Wildman–Crippen MR) is 119 cm³/mol. The average molecular weight is 441 g/mol. The number of carbonyl (C=O) groups is 1. The Morgan fingerprint density at radius 1 is 1.24 bits per heavy atom. The van der Waals surface area contributed by atoms with Gasteiger partial charge in [-0.25, -0.2) is 4.98 Å². The minimum absolute atomic E-state index is 0.222. The van der Waals surface area contributed by atoms with Crippen molar-refractivity contribution in [2.24, 2.45) is 4.99 Å². The van der Waals surface area contributed by atoms with Crippen molar-refractivity contribution in [3.05, 3.63) is 11.6 Å². The van der Waals surface area contributed by atoms with E-state index in [4.69, 9.17) is 9.73 Å². The van der Waals surface area contributed by atoms with Gasteiger partial charge in [0.05, 0.1) is 19.8 Å². The fraction of sp³-hybridized carbons (Fsp3) is 0.737. The van der Waals surface area contributed by atoms with E-state index in [0.717, 1.165) is 74.8 Å². The molecule has 3 rings (SSSR count). The lowest BCUT2D eigenvalue weighted by Gasteiger charge is -2.37. The number of guanidine groups is 1. The van der Waals surface area contributed by atoms with Gasteiger partial charge in [-0.15, -0.1) is 11.3 Å². The van der Waals surface area contributed by atoms with Crippen molar-refractivity contribution in [1.82, 2.24) is 25.0 Å². The molecule has 0 aromatic carbocycles. The van der Waals surface area contributed by atoms with Gasteiger partial charge in [0.25, 0.3) is 0 Å². The van der Waals surface area contributed by atoms with Crippen molar-refractivity contribution < 1.29 is 9.53 Å². The Bertz CT molecular complexity index is 629. The summed E-state index contributed by atoms with van der Waals surface area (Å²) >= 11 is 3.49. The largest absolute Gasteiger partial charge is 0.378 e. The van der Waals surface area contributed by atoms with Crippen LogP contribution in [-0.2, 0) is 9.53 Å². The van der Waals surface area contributed by atoms with E-state index in [1.807, 2.05) is 16.5 Å². The quantitative estimate of drug-likeness (QED) is 0.281. The Morgan fingerprint density at radius 2 is 2.03 bits per heavy atom. The van der Waals surface area contributed by atoms with E-state index in [-0.39, 0.29) is 5.91 Å². The molecular weight excluding hydrogens is 408 g/mol. The second-order valence-corrected chi connectivity index (χ2v) is 9.23. The van der Waals surface area contributed by atoms with Crippen LogP contribution in [-0.4, -0.2) is 109 Å². The molecule has 0 radical (unpaired) electrons. The molecule has 0 atom stereocenters. The zero-order valence-electron chi connectivity index (χ0n) is 17.2. The molecule has 0 aliphatic carbocycles. The molecule has 2 aliphatic heterocycles. The first kappa shape index (κ1) is 22.3. The summed E-state index contributed by atoms with van der Waals surface area (Å²) in [6, 6.07) is 0. The molecule has 0 unspecified atom stereocenters. The van der Waals surface area contributed by atoms with Gasteiger partial charge in [-0.3, -0.25) is 14.7 Å². The summed E-state index contributed by atoms with van der Waals surface area (Å²) < 4.78 is 6.46. The van der Waals surface area contributed by atoms with E-state index in [2.05, 4.69) is 27.0 Å². The van der Waals surface area contributed by atoms with E-state index in [1.165, 1.54) is 0 Å². The van der Waals surface area contributed by atoms with Crippen LogP contribution < -0.4 is 5.32 Å². The van der Waals surface area contributed by atoms with E-state index in [9.17, 15) is 4.79 Å². The molecule has 0 spiro atoms. The third-order valence-corrected chi connectivity index (χ3v) is 6.98. The molecular formula is C19H32N6O2S2. The number of nitrogens with zero attached hydrogens (tertiary/aromatic N) is 5. The second kappa shape index (κ2) is 12.4. The highest BCUT2D eigenvalue weighted by molar-refractivity contribution is 8.00. The molecule has 8 nitrogen and oxygen atoms in total. The van der Waals surface area contributed by atoms with Gasteiger partial charge in [-0.1, -0.05) is 11.8 Å². The lowest BCUT2D eigenvalue weighted by molar-refractivity contribution is -0.136. The van der Waals surface area contributed by atoms with Gasteiger partial charge in [0.2, 0.25) is 5.91 Å². The van der Waals surface area contributed by atoms with Crippen LogP contribution in [0.2, 0.25) is 0 Å². The Kier molecular flexibility index (Phi) is 9.52. The molecule has 2 saturated heterocycles. The average Bonchev–Trinajstić information content (AvgIpc) is 3.27. The van der Waals surface area contributed by atoms with E-state index in [0.29, 0.717) is 19.8 Å². The van der Waals surface area contributed by atoms with Crippen LogP contribution in [0, 0.1) is 0 Å². The van der Waals surface area contributed by atoms with Gasteiger partial charge < -0.3 is 19.9 Å². The fourth-order valence-electron chi connectivity index (χ4n) is 3.34. The van der Waals surface area contributed by atoms with Crippen LogP contribution in [0.25, 0.3) is 0 Å². The maximum absolute atomic E-state index is 12.4. The number of ether oxygens (including phenoxy) is 1. The topological polar surface area (TPSA) is 73.3 Å². The number of hydrogen-bond donors (Lipinski definition) is 1. The molecule has 3 heterocycles. The number of amides is 1. The van der Waals surface area contributed by atoms with E-state index in [1.54, 1.807) is 23.1 Å². The molecule has 0 bridgehead atoms. The lowest BCUT2D eigenvalue weighted by Crippen LogP contribution is -2.54. The molecule has 0 saturated carbocycles. The maximum Gasteiger partial charge on any atom is 0.236 e. The number of morpholine rings is 1. The van der Waals surface area contributed by atoms with Crippen LogP contribution in [0.15, 0.2) is 20.9 Å². The monoisotopic (exact) mass is 440 g/mol. The fourth-order valence-corrected chi connectivity index (χ4v) is 4.97. The molecule has 1 N–H and O–H groups in total. The first-order valence-electron chi connectivity index (χ1n) is 10.4. The normalized spacial score (nSPS) is 18.9. The van der Waals surface area contributed by atoms with Crippen LogP contribution in [0.1, 0.15) is 13.3 Å². The highest BCUT2D eigenvalue weighted by Crippen LogP contribution is 2.20. The van der Waals surface area contributed by atoms with E-state index >= 15 is 0 Å². The number of aliphatic imine (C=N–C) groups is 1. The van der Waals surface area contributed by atoms with Crippen LogP contribution >= 0.6 is 23.1 Å². The number of thioether (sulfide) groups is 1. The van der Waals surface area contributed by atoms with Gasteiger partial charge in [-0.2, -0.15) is 0 Å². The molecule has 2 fully saturated rings. The molecule has 1 aromatic heterocycles. The number of carbonyl (C=O) groups excluding carboxylic acids is 1. The smallest absolute Gasteiger partial charge is 0.236 e. The van der Waals surface area contributed by atoms with Gasteiger partial charge in [0.15, 0.2) is 5.96 Å².